The van der Waals surface area contributed by atoms with E-state index < -0.39 is 0 Å². The zero-order valence-electron chi connectivity index (χ0n) is 15.9. The molecule has 0 radical (unpaired) electrons. The molecule has 0 aromatic heterocycles. The van der Waals surface area contributed by atoms with E-state index in [2.05, 4.69) is 10.3 Å². The highest BCUT2D eigenvalue weighted by atomic mass is 32.2. The van der Waals surface area contributed by atoms with Crippen LogP contribution in [0.5, 0.6) is 23.0 Å². The lowest BCUT2D eigenvalue weighted by atomic mass is 10.1. The Morgan fingerprint density at radius 3 is 2.21 bits per heavy atom. The molecule has 0 spiro atoms. The molecule has 1 amide bonds. The SMILES string of the molecule is COc1ccc(N=C2NC(=O)/C(=C/c3ccc(OC)c(OC)c3OC)S2)cc1. The summed E-state index contributed by atoms with van der Waals surface area (Å²) >= 11 is 1.25. The molecule has 0 saturated carbocycles. The molecular formula is C20H20N2O5S. The van der Waals surface area contributed by atoms with Crippen LogP contribution in [0.3, 0.4) is 0 Å². The third-order valence-electron chi connectivity index (χ3n) is 3.98. The van der Waals surface area contributed by atoms with E-state index in [9.17, 15) is 4.79 Å². The summed E-state index contributed by atoms with van der Waals surface area (Å²) in [6.45, 7) is 0. The van der Waals surface area contributed by atoms with Crippen LogP contribution in [0.25, 0.3) is 6.08 Å². The summed E-state index contributed by atoms with van der Waals surface area (Å²) in [7, 11) is 6.23. The molecule has 2 aromatic carbocycles. The summed E-state index contributed by atoms with van der Waals surface area (Å²) < 4.78 is 21.3. The number of carbonyl (C=O) groups is 1. The van der Waals surface area contributed by atoms with Crippen LogP contribution >= 0.6 is 11.8 Å². The van der Waals surface area contributed by atoms with Crippen molar-refractivity contribution < 1.29 is 23.7 Å². The Morgan fingerprint density at radius 2 is 1.61 bits per heavy atom. The van der Waals surface area contributed by atoms with Crippen LogP contribution in [0.4, 0.5) is 5.69 Å². The fourth-order valence-electron chi connectivity index (χ4n) is 2.63. The van der Waals surface area contributed by atoms with Gasteiger partial charge in [-0.05, 0) is 54.2 Å². The van der Waals surface area contributed by atoms with Crippen LogP contribution in [0.1, 0.15) is 5.56 Å². The Hall–Kier alpha value is -3.13. The van der Waals surface area contributed by atoms with Gasteiger partial charge in [0.1, 0.15) is 5.75 Å². The van der Waals surface area contributed by atoms with Crippen LogP contribution in [0, 0.1) is 0 Å². The number of hydrogen-bond acceptors (Lipinski definition) is 7. The van der Waals surface area contributed by atoms with E-state index >= 15 is 0 Å². The number of benzene rings is 2. The fraction of sp³-hybridized carbons (Fsp3) is 0.200. The molecule has 1 heterocycles. The first-order valence-electron chi connectivity index (χ1n) is 8.32. The van der Waals surface area contributed by atoms with Gasteiger partial charge in [-0.3, -0.25) is 4.79 Å². The maximum Gasteiger partial charge on any atom is 0.264 e. The molecule has 0 atom stereocenters. The normalized spacial score (nSPS) is 16.2. The first kappa shape index (κ1) is 19.6. The Balaban J connectivity index is 1.89. The smallest absolute Gasteiger partial charge is 0.264 e. The van der Waals surface area contributed by atoms with E-state index in [1.165, 1.54) is 26.0 Å². The molecule has 1 saturated heterocycles. The molecule has 2 aromatic rings. The second kappa shape index (κ2) is 8.71. The van der Waals surface area contributed by atoms with Gasteiger partial charge in [0.15, 0.2) is 16.7 Å². The standard InChI is InChI=1S/C20H20N2O5S/c1-24-14-8-6-13(7-9-14)21-20-22-19(23)16(28-20)11-12-5-10-15(25-2)18(27-4)17(12)26-3/h5-11H,1-4H3,(H,21,22,23)/b16-11-. The van der Waals surface area contributed by atoms with Crippen molar-refractivity contribution in [2.45, 2.75) is 0 Å². The Kier molecular flexibility index (Phi) is 6.10. The molecule has 7 nitrogen and oxygen atoms in total. The van der Waals surface area contributed by atoms with Gasteiger partial charge in [-0.2, -0.15) is 0 Å². The van der Waals surface area contributed by atoms with Gasteiger partial charge in [0.25, 0.3) is 5.91 Å². The molecule has 1 aliphatic rings. The summed E-state index contributed by atoms with van der Waals surface area (Å²) in [5, 5.41) is 3.27. The van der Waals surface area contributed by atoms with Gasteiger partial charge in [0.2, 0.25) is 5.75 Å². The summed E-state index contributed by atoms with van der Waals surface area (Å²) in [6.07, 6.45) is 1.73. The minimum Gasteiger partial charge on any atom is -0.497 e. The molecule has 0 bridgehead atoms. The van der Waals surface area contributed by atoms with Crippen molar-refractivity contribution in [1.82, 2.24) is 5.32 Å². The highest BCUT2D eigenvalue weighted by molar-refractivity contribution is 8.18. The summed E-state index contributed by atoms with van der Waals surface area (Å²) in [6, 6.07) is 10.8. The maximum absolute atomic E-state index is 12.4. The number of methoxy groups -OCH3 is 4. The lowest BCUT2D eigenvalue weighted by molar-refractivity contribution is -0.115. The minimum absolute atomic E-state index is 0.228. The maximum atomic E-state index is 12.4. The van der Waals surface area contributed by atoms with Crippen LogP contribution in [-0.4, -0.2) is 39.5 Å². The second-order valence-electron chi connectivity index (χ2n) is 5.60. The van der Waals surface area contributed by atoms with Crippen LogP contribution in [-0.2, 0) is 4.79 Å². The number of carbonyl (C=O) groups excluding carboxylic acids is 1. The van der Waals surface area contributed by atoms with Crippen molar-refractivity contribution in [2.75, 3.05) is 28.4 Å². The number of thioether (sulfide) groups is 1. The van der Waals surface area contributed by atoms with Crippen molar-refractivity contribution in [3.8, 4) is 23.0 Å². The van der Waals surface area contributed by atoms with Gasteiger partial charge in [-0.1, -0.05) is 0 Å². The molecule has 3 rings (SSSR count). The Bertz CT molecular complexity index is 938. The van der Waals surface area contributed by atoms with Crippen molar-refractivity contribution in [3.05, 3.63) is 46.9 Å². The van der Waals surface area contributed by atoms with E-state index in [0.717, 1.165) is 5.75 Å². The average Bonchev–Trinajstić information content (AvgIpc) is 3.06. The van der Waals surface area contributed by atoms with Gasteiger partial charge in [-0.15, -0.1) is 0 Å². The third kappa shape index (κ3) is 4.07. The van der Waals surface area contributed by atoms with Crippen molar-refractivity contribution in [3.63, 3.8) is 0 Å². The number of nitrogens with zero attached hydrogens (tertiary/aromatic N) is 1. The van der Waals surface area contributed by atoms with Gasteiger partial charge in [0, 0.05) is 5.56 Å². The number of amides is 1. The van der Waals surface area contributed by atoms with Crippen molar-refractivity contribution >= 4 is 34.6 Å². The monoisotopic (exact) mass is 400 g/mol. The van der Waals surface area contributed by atoms with Gasteiger partial charge in [0.05, 0.1) is 39.0 Å². The molecule has 8 heteroatoms. The number of ether oxygens (including phenoxy) is 4. The van der Waals surface area contributed by atoms with Crippen molar-refractivity contribution in [2.24, 2.45) is 4.99 Å². The number of aliphatic imine (C=N–C) groups is 1. The van der Waals surface area contributed by atoms with Crippen LogP contribution < -0.4 is 24.3 Å². The zero-order valence-corrected chi connectivity index (χ0v) is 16.8. The number of amidine groups is 1. The second-order valence-corrected chi connectivity index (χ2v) is 6.63. The highest BCUT2D eigenvalue weighted by Gasteiger charge is 2.25. The zero-order chi connectivity index (χ0) is 20.1. The quantitative estimate of drug-likeness (QED) is 0.747. The first-order valence-corrected chi connectivity index (χ1v) is 9.13. The predicted octanol–water partition coefficient (Wildman–Crippen LogP) is 3.61. The van der Waals surface area contributed by atoms with Gasteiger partial charge in [-0.25, -0.2) is 4.99 Å². The highest BCUT2D eigenvalue weighted by Crippen LogP contribution is 2.41. The van der Waals surface area contributed by atoms with Crippen LogP contribution in [0.2, 0.25) is 0 Å². The Morgan fingerprint density at radius 1 is 0.893 bits per heavy atom. The molecule has 146 valence electrons. The molecule has 0 aliphatic carbocycles. The topological polar surface area (TPSA) is 78.4 Å². The minimum atomic E-state index is -0.228. The lowest BCUT2D eigenvalue weighted by Gasteiger charge is -2.14. The van der Waals surface area contributed by atoms with E-state index in [4.69, 9.17) is 18.9 Å². The lowest BCUT2D eigenvalue weighted by Crippen LogP contribution is -2.19. The van der Waals surface area contributed by atoms with E-state index in [0.29, 0.717) is 38.6 Å². The average molecular weight is 400 g/mol. The largest absolute Gasteiger partial charge is 0.497 e. The van der Waals surface area contributed by atoms with Crippen LogP contribution in [0.15, 0.2) is 46.3 Å². The molecular weight excluding hydrogens is 380 g/mol. The van der Waals surface area contributed by atoms with E-state index in [-0.39, 0.29) is 5.91 Å². The number of rotatable bonds is 6. The van der Waals surface area contributed by atoms with E-state index in [1.807, 2.05) is 24.3 Å². The molecule has 28 heavy (non-hydrogen) atoms. The third-order valence-corrected chi connectivity index (χ3v) is 4.89. The molecule has 1 N–H and O–H groups in total. The van der Waals surface area contributed by atoms with Crippen molar-refractivity contribution in [1.29, 1.82) is 0 Å². The summed E-state index contributed by atoms with van der Waals surface area (Å²) in [5.41, 5.74) is 1.41. The number of nitrogens with one attached hydrogen (secondary N) is 1. The van der Waals surface area contributed by atoms with Gasteiger partial charge >= 0.3 is 0 Å². The summed E-state index contributed by atoms with van der Waals surface area (Å²) in [4.78, 5) is 17.3. The fourth-order valence-corrected chi connectivity index (χ4v) is 3.47. The molecule has 1 aliphatic heterocycles. The number of hydrogen-bond donors (Lipinski definition) is 1. The van der Waals surface area contributed by atoms with Gasteiger partial charge < -0.3 is 24.3 Å². The predicted molar refractivity (Wildman–Crippen MR) is 110 cm³/mol. The first-order chi connectivity index (χ1) is 13.6. The Labute approximate surface area is 167 Å². The molecule has 0 unspecified atom stereocenters. The molecule has 1 fully saturated rings. The summed E-state index contributed by atoms with van der Waals surface area (Å²) in [5.74, 6) is 2.02. The van der Waals surface area contributed by atoms with E-state index in [1.54, 1.807) is 32.4 Å².